The van der Waals surface area contributed by atoms with Gasteiger partial charge in [0, 0.05) is 40.3 Å². The lowest BCUT2D eigenvalue weighted by Gasteiger charge is -2.34. The number of carbonyl (C=O) groups is 1. The van der Waals surface area contributed by atoms with E-state index in [0.29, 0.717) is 6.54 Å². The summed E-state index contributed by atoms with van der Waals surface area (Å²) in [5.74, 6) is 0.877. The van der Waals surface area contributed by atoms with E-state index in [4.69, 9.17) is 0 Å². The Morgan fingerprint density at radius 2 is 1.83 bits per heavy atom. The number of rotatable bonds is 4. The molecule has 0 bridgehead atoms. The number of amides is 1. The van der Waals surface area contributed by atoms with Gasteiger partial charge in [0.2, 0.25) is 11.9 Å². The maximum atomic E-state index is 11.8. The quantitative estimate of drug-likeness (QED) is 0.783. The summed E-state index contributed by atoms with van der Waals surface area (Å²) in [6, 6.07) is 9.85. The molecule has 8 heteroatoms. The van der Waals surface area contributed by atoms with Crippen LogP contribution in [0.4, 0.5) is 5.95 Å². The molecule has 1 aliphatic rings. The third-order valence-electron chi connectivity index (χ3n) is 3.97. The minimum atomic E-state index is 0.132. The van der Waals surface area contributed by atoms with Crippen molar-refractivity contribution in [3.05, 3.63) is 30.3 Å². The minimum absolute atomic E-state index is 0.132. The van der Waals surface area contributed by atoms with Crippen molar-refractivity contribution in [3.8, 4) is 5.69 Å². The fourth-order valence-corrected chi connectivity index (χ4v) is 2.55. The van der Waals surface area contributed by atoms with Gasteiger partial charge in [-0.1, -0.05) is 23.3 Å². The number of aromatic nitrogens is 4. The Hall–Kier alpha value is -2.48. The number of para-hydroxylation sites is 1. The van der Waals surface area contributed by atoms with Crippen molar-refractivity contribution in [2.24, 2.45) is 0 Å². The van der Waals surface area contributed by atoms with Gasteiger partial charge in [-0.05, 0) is 22.6 Å². The van der Waals surface area contributed by atoms with E-state index in [-0.39, 0.29) is 5.91 Å². The van der Waals surface area contributed by atoms with Gasteiger partial charge in [-0.2, -0.15) is 4.68 Å². The maximum absolute atomic E-state index is 11.8. The lowest BCUT2D eigenvalue weighted by Crippen LogP contribution is -2.50. The molecule has 1 saturated heterocycles. The van der Waals surface area contributed by atoms with Crippen molar-refractivity contribution in [1.29, 1.82) is 0 Å². The molecular formula is C15H21N7O. The highest BCUT2D eigenvalue weighted by atomic mass is 16.2. The first-order chi connectivity index (χ1) is 11.1. The Morgan fingerprint density at radius 3 is 2.48 bits per heavy atom. The van der Waals surface area contributed by atoms with Crippen molar-refractivity contribution in [3.63, 3.8) is 0 Å². The van der Waals surface area contributed by atoms with Crippen molar-refractivity contribution in [2.45, 2.75) is 0 Å². The number of anilines is 1. The number of nitrogens with zero attached hydrogens (tertiary/aromatic N) is 7. The molecule has 0 atom stereocenters. The van der Waals surface area contributed by atoms with Gasteiger partial charge in [0.1, 0.15) is 0 Å². The molecule has 0 unspecified atom stereocenters. The fourth-order valence-electron chi connectivity index (χ4n) is 2.55. The molecule has 3 rings (SSSR count). The molecule has 2 heterocycles. The van der Waals surface area contributed by atoms with E-state index >= 15 is 0 Å². The van der Waals surface area contributed by atoms with Gasteiger partial charge in [0.15, 0.2) is 0 Å². The van der Waals surface area contributed by atoms with Crippen LogP contribution < -0.4 is 4.90 Å². The van der Waals surface area contributed by atoms with E-state index in [1.165, 1.54) is 0 Å². The Morgan fingerprint density at radius 1 is 1.13 bits per heavy atom. The molecule has 1 aliphatic heterocycles. The largest absolute Gasteiger partial charge is 0.348 e. The summed E-state index contributed by atoms with van der Waals surface area (Å²) < 4.78 is 1.75. The van der Waals surface area contributed by atoms with E-state index in [0.717, 1.165) is 37.8 Å². The molecule has 2 aromatic rings. The van der Waals surface area contributed by atoms with Crippen LogP contribution in [0.1, 0.15) is 0 Å². The lowest BCUT2D eigenvalue weighted by atomic mass is 10.3. The number of hydrogen-bond donors (Lipinski definition) is 0. The maximum Gasteiger partial charge on any atom is 0.250 e. The number of hydrogen-bond acceptors (Lipinski definition) is 6. The standard InChI is InChI=1S/C15H21N7O/c1-19(2)14(23)12-20-8-10-21(11-9-20)15-16-17-18-22(15)13-6-4-3-5-7-13/h3-7H,8-12H2,1-2H3. The summed E-state index contributed by atoms with van der Waals surface area (Å²) in [5.41, 5.74) is 0.942. The number of carbonyl (C=O) groups excluding carboxylic acids is 1. The van der Waals surface area contributed by atoms with Crippen molar-refractivity contribution in [2.75, 3.05) is 51.7 Å². The van der Waals surface area contributed by atoms with Crippen LogP contribution in [0.5, 0.6) is 0 Å². The van der Waals surface area contributed by atoms with E-state index < -0.39 is 0 Å². The highest BCUT2D eigenvalue weighted by Crippen LogP contribution is 2.16. The van der Waals surface area contributed by atoms with E-state index in [1.807, 2.05) is 30.3 Å². The van der Waals surface area contributed by atoms with Crippen LogP contribution in [0, 0.1) is 0 Å². The van der Waals surface area contributed by atoms with Crippen LogP contribution in [0.2, 0.25) is 0 Å². The van der Waals surface area contributed by atoms with E-state index in [1.54, 1.807) is 23.7 Å². The molecule has 0 aliphatic carbocycles. The molecule has 0 spiro atoms. The zero-order valence-corrected chi connectivity index (χ0v) is 13.5. The van der Waals surface area contributed by atoms with Crippen LogP contribution in [-0.2, 0) is 4.79 Å². The molecular weight excluding hydrogens is 294 g/mol. The molecule has 0 radical (unpaired) electrons. The second kappa shape index (κ2) is 6.74. The average Bonchev–Trinajstić information content (AvgIpc) is 3.06. The van der Waals surface area contributed by atoms with Gasteiger partial charge >= 0.3 is 0 Å². The first-order valence-corrected chi connectivity index (χ1v) is 7.66. The van der Waals surface area contributed by atoms with Gasteiger partial charge in [-0.3, -0.25) is 9.69 Å². The zero-order chi connectivity index (χ0) is 16.2. The molecule has 8 nitrogen and oxygen atoms in total. The Kier molecular flexibility index (Phi) is 4.52. The summed E-state index contributed by atoms with van der Waals surface area (Å²) in [6.07, 6.45) is 0. The summed E-state index contributed by atoms with van der Waals surface area (Å²) in [5, 5.41) is 12.1. The molecule has 1 aromatic heterocycles. The van der Waals surface area contributed by atoms with E-state index in [9.17, 15) is 4.79 Å². The second-order valence-corrected chi connectivity index (χ2v) is 5.78. The fraction of sp³-hybridized carbons (Fsp3) is 0.467. The SMILES string of the molecule is CN(C)C(=O)CN1CCN(c2nnnn2-c2ccccc2)CC1. The van der Waals surface area contributed by atoms with Crippen molar-refractivity contribution < 1.29 is 4.79 Å². The predicted molar refractivity (Wildman–Crippen MR) is 86.5 cm³/mol. The number of likely N-dealkylation sites (N-methyl/N-ethyl adjacent to an activating group) is 1. The van der Waals surface area contributed by atoms with Gasteiger partial charge in [-0.25, -0.2) is 0 Å². The topological polar surface area (TPSA) is 70.4 Å². The third-order valence-corrected chi connectivity index (χ3v) is 3.97. The first kappa shape index (κ1) is 15.4. The number of benzene rings is 1. The number of piperazine rings is 1. The van der Waals surface area contributed by atoms with Crippen molar-refractivity contribution in [1.82, 2.24) is 30.0 Å². The third kappa shape index (κ3) is 3.48. The average molecular weight is 315 g/mol. The normalized spacial score (nSPS) is 15.7. The minimum Gasteiger partial charge on any atom is -0.348 e. The lowest BCUT2D eigenvalue weighted by molar-refractivity contribution is -0.129. The van der Waals surface area contributed by atoms with Crippen molar-refractivity contribution >= 4 is 11.9 Å². The highest BCUT2D eigenvalue weighted by Gasteiger charge is 2.23. The Labute approximate surface area is 135 Å². The molecule has 23 heavy (non-hydrogen) atoms. The zero-order valence-electron chi connectivity index (χ0n) is 13.5. The van der Waals surface area contributed by atoms with Gasteiger partial charge < -0.3 is 9.80 Å². The van der Waals surface area contributed by atoms with Crippen LogP contribution >= 0.6 is 0 Å². The molecule has 1 amide bonds. The van der Waals surface area contributed by atoms with E-state index in [2.05, 4.69) is 25.3 Å². The first-order valence-electron chi connectivity index (χ1n) is 7.66. The second-order valence-electron chi connectivity index (χ2n) is 5.78. The van der Waals surface area contributed by atoms with Crippen LogP contribution in [0.25, 0.3) is 5.69 Å². The smallest absolute Gasteiger partial charge is 0.250 e. The Balaban J connectivity index is 1.65. The van der Waals surface area contributed by atoms with Crippen LogP contribution in [-0.4, -0.2) is 82.7 Å². The highest BCUT2D eigenvalue weighted by molar-refractivity contribution is 5.77. The van der Waals surface area contributed by atoms with Gasteiger partial charge in [0.05, 0.1) is 12.2 Å². The summed E-state index contributed by atoms with van der Waals surface area (Å²) >= 11 is 0. The molecule has 1 fully saturated rings. The summed E-state index contributed by atoms with van der Waals surface area (Å²) in [7, 11) is 3.57. The van der Waals surface area contributed by atoms with Gasteiger partial charge in [-0.15, -0.1) is 0 Å². The molecule has 0 N–H and O–H groups in total. The van der Waals surface area contributed by atoms with Crippen LogP contribution in [0.3, 0.4) is 0 Å². The van der Waals surface area contributed by atoms with Gasteiger partial charge in [0.25, 0.3) is 0 Å². The Bertz CT molecular complexity index is 647. The predicted octanol–water partition coefficient (Wildman–Crippen LogP) is -0.127. The molecule has 0 saturated carbocycles. The summed E-state index contributed by atoms with van der Waals surface area (Å²) in [6.45, 7) is 3.70. The molecule has 1 aromatic carbocycles. The summed E-state index contributed by atoms with van der Waals surface area (Å²) in [4.78, 5) is 17.7. The number of tetrazole rings is 1. The monoisotopic (exact) mass is 315 g/mol. The van der Waals surface area contributed by atoms with Crippen LogP contribution in [0.15, 0.2) is 30.3 Å². The molecule has 122 valence electrons.